The van der Waals surface area contributed by atoms with Crippen LogP contribution in [0.1, 0.15) is 19.4 Å². The van der Waals surface area contributed by atoms with Gasteiger partial charge in [0.25, 0.3) is 0 Å². The molecule has 6 heteroatoms. The molecular weight excluding hydrogens is 260 g/mol. The molecule has 1 aromatic carbocycles. The number of carbonyl (C=O) groups is 2. The Morgan fingerprint density at radius 1 is 1.35 bits per heavy atom. The third-order valence-corrected chi connectivity index (χ3v) is 2.73. The summed E-state index contributed by atoms with van der Waals surface area (Å²) in [6.07, 6.45) is -0.533. The molecule has 0 spiro atoms. The first kappa shape index (κ1) is 16.0. The van der Waals surface area contributed by atoms with E-state index in [4.69, 9.17) is 10.5 Å². The summed E-state index contributed by atoms with van der Waals surface area (Å²) in [4.78, 5) is 22.0. The minimum absolute atomic E-state index is 0.194. The van der Waals surface area contributed by atoms with Crippen LogP contribution in [-0.2, 0) is 16.0 Å². The van der Waals surface area contributed by atoms with Crippen LogP contribution in [0.3, 0.4) is 0 Å². The lowest BCUT2D eigenvalue weighted by Crippen LogP contribution is -2.47. The fraction of sp³-hybridized carbons (Fsp3) is 0.429. The predicted octanol–water partition coefficient (Wildman–Crippen LogP) is 1.15. The van der Waals surface area contributed by atoms with E-state index in [1.165, 1.54) is 0 Å². The van der Waals surface area contributed by atoms with Crippen molar-refractivity contribution in [3.63, 3.8) is 0 Å². The number of carbonyl (C=O) groups excluding carboxylic acids is 1. The molecule has 0 fully saturated rings. The van der Waals surface area contributed by atoms with Crippen LogP contribution in [0, 0.1) is 0 Å². The number of ether oxygens (including phenoxy) is 1. The zero-order chi connectivity index (χ0) is 15.2. The highest BCUT2D eigenvalue weighted by Crippen LogP contribution is 2.09. The molecule has 4 N–H and O–H groups in total. The zero-order valence-corrected chi connectivity index (χ0v) is 11.6. The van der Waals surface area contributed by atoms with Gasteiger partial charge in [0.05, 0.1) is 0 Å². The van der Waals surface area contributed by atoms with Crippen molar-refractivity contribution in [1.29, 1.82) is 0 Å². The lowest BCUT2D eigenvalue weighted by molar-refractivity contribution is -0.139. The average molecular weight is 280 g/mol. The lowest BCUT2D eigenvalue weighted by Gasteiger charge is -2.26. The Labute approximate surface area is 117 Å². The van der Waals surface area contributed by atoms with Crippen LogP contribution in [0.4, 0.5) is 4.79 Å². The second-order valence-corrected chi connectivity index (χ2v) is 5.14. The number of amides is 1. The molecule has 1 atom stereocenters. The van der Waals surface area contributed by atoms with Crippen LogP contribution in [0.15, 0.2) is 30.3 Å². The van der Waals surface area contributed by atoms with E-state index in [2.05, 4.69) is 5.32 Å². The molecule has 0 aliphatic heterocycles. The van der Waals surface area contributed by atoms with Gasteiger partial charge in [-0.15, -0.1) is 0 Å². The van der Waals surface area contributed by atoms with Gasteiger partial charge in [0.2, 0.25) is 0 Å². The van der Waals surface area contributed by atoms with E-state index >= 15 is 0 Å². The van der Waals surface area contributed by atoms with Gasteiger partial charge in [-0.25, -0.2) is 4.79 Å². The summed E-state index contributed by atoms with van der Waals surface area (Å²) in [5.74, 6) is -0.955. The quantitative estimate of drug-likeness (QED) is 0.695. The van der Waals surface area contributed by atoms with Crippen LogP contribution < -0.4 is 11.1 Å². The van der Waals surface area contributed by atoms with Gasteiger partial charge in [0.1, 0.15) is 11.6 Å². The lowest BCUT2D eigenvalue weighted by atomic mass is 10.0. The second-order valence-electron chi connectivity index (χ2n) is 5.14. The van der Waals surface area contributed by atoms with Crippen molar-refractivity contribution in [3.8, 4) is 0 Å². The number of rotatable bonds is 7. The number of nitrogens with one attached hydrogen (secondary N) is 1. The Hall–Kier alpha value is -2.08. The molecule has 0 saturated heterocycles. The summed E-state index contributed by atoms with van der Waals surface area (Å²) in [7, 11) is 0. The van der Waals surface area contributed by atoms with Crippen molar-refractivity contribution in [1.82, 2.24) is 5.32 Å². The van der Waals surface area contributed by atoms with Crippen LogP contribution in [0.2, 0.25) is 0 Å². The molecule has 0 radical (unpaired) electrons. The Balaban J connectivity index is 2.60. The number of aliphatic carboxylic acids is 1. The van der Waals surface area contributed by atoms with E-state index in [1.54, 1.807) is 13.8 Å². The minimum Gasteiger partial charge on any atom is -0.480 e. The number of carboxylic acid groups (broad SMARTS) is 1. The molecule has 0 saturated carbocycles. The van der Waals surface area contributed by atoms with Gasteiger partial charge in [-0.1, -0.05) is 30.3 Å². The number of nitrogens with two attached hydrogens (primary N) is 1. The second kappa shape index (κ2) is 6.91. The van der Waals surface area contributed by atoms with Crippen molar-refractivity contribution in [2.75, 3.05) is 6.54 Å². The van der Waals surface area contributed by atoms with Crippen molar-refractivity contribution in [2.45, 2.75) is 31.9 Å². The van der Waals surface area contributed by atoms with Crippen LogP contribution >= 0.6 is 0 Å². The molecule has 110 valence electrons. The topological polar surface area (TPSA) is 102 Å². The number of hydrogen-bond donors (Lipinski definition) is 3. The molecule has 0 bridgehead atoms. The largest absolute Gasteiger partial charge is 0.480 e. The summed E-state index contributed by atoms with van der Waals surface area (Å²) < 4.78 is 4.90. The number of primary amides is 1. The smallest absolute Gasteiger partial charge is 0.405 e. The standard InChI is InChI=1S/C14H20N2O4/c1-14(2,20-13(15)19)9-16-11(12(17)18)8-10-6-4-3-5-7-10/h3-7,11,16H,8-9H2,1-2H3,(H2,15,19)(H,17,18)/t11-/m0/s1. The van der Waals surface area contributed by atoms with E-state index in [9.17, 15) is 14.7 Å². The number of hydrogen-bond acceptors (Lipinski definition) is 4. The Morgan fingerprint density at radius 2 is 1.95 bits per heavy atom. The molecule has 0 aliphatic carbocycles. The Morgan fingerprint density at radius 3 is 2.45 bits per heavy atom. The fourth-order valence-corrected chi connectivity index (χ4v) is 1.77. The van der Waals surface area contributed by atoms with Gasteiger partial charge in [0.15, 0.2) is 0 Å². The number of carboxylic acids is 1. The summed E-state index contributed by atoms with van der Waals surface area (Å²) in [6.45, 7) is 3.51. The van der Waals surface area contributed by atoms with E-state index < -0.39 is 23.7 Å². The molecule has 1 rings (SSSR count). The maximum absolute atomic E-state index is 11.2. The highest BCUT2D eigenvalue weighted by atomic mass is 16.6. The third-order valence-electron chi connectivity index (χ3n) is 2.73. The van der Waals surface area contributed by atoms with Gasteiger partial charge in [-0.3, -0.25) is 4.79 Å². The maximum atomic E-state index is 11.2. The zero-order valence-electron chi connectivity index (χ0n) is 11.6. The van der Waals surface area contributed by atoms with E-state index in [0.717, 1.165) is 5.56 Å². The van der Waals surface area contributed by atoms with Crippen molar-refractivity contribution in [3.05, 3.63) is 35.9 Å². The van der Waals surface area contributed by atoms with E-state index in [0.29, 0.717) is 6.42 Å². The van der Waals surface area contributed by atoms with Gasteiger partial charge < -0.3 is 20.9 Å². The summed E-state index contributed by atoms with van der Waals surface area (Å²) in [5.41, 5.74) is 5.02. The van der Waals surface area contributed by atoms with Crippen molar-refractivity contribution in [2.24, 2.45) is 5.73 Å². The molecule has 1 aromatic rings. The number of benzene rings is 1. The molecule has 0 aliphatic rings. The van der Waals surface area contributed by atoms with Gasteiger partial charge >= 0.3 is 12.1 Å². The molecular formula is C14H20N2O4. The fourth-order valence-electron chi connectivity index (χ4n) is 1.77. The minimum atomic E-state index is -0.955. The molecule has 0 heterocycles. The molecule has 20 heavy (non-hydrogen) atoms. The first-order valence-electron chi connectivity index (χ1n) is 6.29. The molecule has 1 amide bonds. The van der Waals surface area contributed by atoms with Crippen LogP contribution in [0.25, 0.3) is 0 Å². The monoisotopic (exact) mass is 280 g/mol. The highest BCUT2D eigenvalue weighted by molar-refractivity contribution is 5.74. The molecule has 6 nitrogen and oxygen atoms in total. The van der Waals surface area contributed by atoms with E-state index in [-0.39, 0.29) is 6.54 Å². The Kier molecular flexibility index (Phi) is 5.52. The highest BCUT2D eigenvalue weighted by Gasteiger charge is 2.25. The van der Waals surface area contributed by atoms with Crippen LogP contribution in [0.5, 0.6) is 0 Å². The SMILES string of the molecule is CC(C)(CN[C@@H](Cc1ccccc1)C(=O)O)OC(N)=O. The van der Waals surface area contributed by atoms with Gasteiger partial charge in [-0.05, 0) is 25.8 Å². The maximum Gasteiger partial charge on any atom is 0.405 e. The van der Waals surface area contributed by atoms with Gasteiger partial charge in [-0.2, -0.15) is 0 Å². The van der Waals surface area contributed by atoms with Gasteiger partial charge in [0, 0.05) is 6.54 Å². The van der Waals surface area contributed by atoms with E-state index in [1.807, 2.05) is 30.3 Å². The predicted molar refractivity (Wildman–Crippen MR) is 74.3 cm³/mol. The summed E-state index contributed by atoms with van der Waals surface area (Å²) in [5, 5.41) is 12.1. The Bertz CT molecular complexity index is 460. The third kappa shape index (κ3) is 5.71. The molecule has 0 aromatic heterocycles. The average Bonchev–Trinajstić information content (AvgIpc) is 2.33. The van der Waals surface area contributed by atoms with Crippen molar-refractivity contribution < 1.29 is 19.4 Å². The summed E-state index contributed by atoms with van der Waals surface area (Å²) >= 11 is 0. The molecule has 0 unspecified atom stereocenters. The summed E-state index contributed by atoms with van der Waals surface area (Å²) in [6, 6.07) is 8.55. The van der Waals surface area contributed by atoms with Crippen LogP contribution in [-0.4, -0.2) is 35.4 Å². The first-order valence-corrected chi connectivity index (χ1v) is 6.29. The normalized spacial score (nSPS) is 12.7. The first-order chi connectivity index (χ1) is 9.30. The van der Waals surface area contributed by atoms with Crippen molar-refractivity contribution >= 4 is 12.1 Å².